The summed E-state index contributed by atoms with van der Waals surface area (Å²) < 4.78 is 1.27. The van der Waals surface area contributed by atoms with Gasteiger partial charge >= 0.3 is 5.56 Å². The normalized spacial score (nSPS) is 11.0. The van der Waals surface area contributed by atoms with Gasteiger partial charge in [-0.15, -0.1) is 10.2 Å². The Morgan fingerprint density at radius 1 is 0.677 bits per heavy atom. The van der Waals surface area contributed by atoms with Gasteiger partial charge in [-0.1, -0.05) is 83.9 Å². The van der Waals surface area contributed by atoms with E-state index in [2.05, 4.69) is 15.3 Å². The highest BCUT2D eigenvalue weighted by Gasteiger charge is 2.17. The quantitative estimate of drug-likeness (QED) is 0.353. The zero-order valence-corrected chi connectivity index (χ0v) is 17.5. The second-order valence-electron chi connectivity index (χ2n) is 6.88. The first-order chi connectivity index (χ1) is 15.1. The molecule has 0 saturated heterocycles. The maximum Gasteiger partial charge on any atom is 0.301 e. The van der Waals surface area contributed by atoms with E-state index in [9.17, 15) is 4.79 Å². The maximum absolute atomic E-state index is 13.2. The van der Waals surface area contributed by atoms with E-state index < -0.39 is 0 Å². The smallest absolute Gasteiger partial charge is 0.265 e. The molecule has 5 nitrogen and oxygen atoms in total. The molecule has 0 aliphatic heterocycles. The second-order valence-corrected chi connectivity index (χ2v) is 7.73. The van der Waals surface area contributed by atoms with Gasteiger partial charge in [-0.2, -0.15) is 9.61 Å². The van der Waals surface area contributed by atoms with Crippen LogP contribution in [-0.4, -0.2) is 19.8 Å². The maximum atomic E-state index is 13.2. The van der Waals surface area contributed by atoms with Gasteiger partial charge in [0.05, 0.1) is 5.02 Å². The standard InChI is InChI=1S/C24H14Cl2N4O/c25-17-12-10-15(11-13-17)19-14-21-27-28-22(16-6-2-1-3-7-16)24(31)30(21)29-23(19)18-8-4-5-9-20(18)26/h1-14H. The van der Waals surface area contributed by atoms with Crippen LogP contribution in [0.15, 0.2) is 89.7 Å². The van der Waals surface area contributed by atoms with E-state index in [0.29, 0.717) is 32.5 Å². The van der Waals surface area contributed by atoms with Crippen LogP contribution in [0.5, 0.6) is 0 Å². The van der Waals surface area contributed by atoms with Crippen molar-refractivity contribution in [2.75, 3.05) is 0 Å². The van der Waals surface area contributed by atoms with Crippen molar-refractivity contribution in [1.29, 1.82) is 0 Å². The number of aromatic nitrogens is 4. The van der Waals surface area contributed by atoms with Gasteiger partial charge in [-0.25, -0.2) is 0 Å². The lowest BCUT2D eigenvalue weighted by atomic mass is 10.00. The van der Waals surface area contributed by atoms with Gasteiger partial charge in [-0.05, 0) is 29.8 Å². The van der Waals surface area contributed by atoms with Crippen molar-refractivity contribution in [2.24, 2.45) is 0 Å². The van der Waals surface area contributed by atoms with E-state index in [0.717, 1.165) is 11.1 Å². The van der Waals surface area contributed by atoms with Crippen molar-refractivity contribution in [2.45, 2.75) is 0 Å². The molecule has 7 heteroatoms. The lowest BCUT2D eigenvalue weighted by Crippen LogP contribution is -2.22. The van der Waals surface area contributed by atoms with Crippen molar-refractivity contribution in [3.05, 3.63) is 105 Å². The minimum Gasteiger partial charge on any atom is -0.265 e. The molecule has 2 aromatic heterocycles. The lowest BCUT2D eigenvalue weighted by Gasteiger charge is -2.13. The molecular weight excluding hydrogens is 431 g/mol. The summed E-state index contributed by atoms with van der Waals surface area (Å²) in [6, 6.07) is 25.7. The topological polar surface area (TPSA) is 60.2 Å². The van der Waals surface area contributed by atoms with Gasteiger partial charge in [-0.3, -0.25) is 4.79 Å². The van der Waals surface area contributed by atoms with E-state index in [1.54, 1.807) is 24.3 Å². The average molecular weight is 445 g/mol. The molecule has 150 valence electrons. The third kappa shape index (κ3) is 3.58. The fraction of sp³-hybridized carbons (Fsp3) is 0. The highest BCUT2D eigenvalue weighted by Crippen LogP contribution is 2.35. The molecule has 0 saturated carbocycles. The molecule has 5 aromatic rings. The molecule has 0 aliphatic rings. The third-order valence-corrected chi connectivity index (χ3v) is 5.51. The van der Waals surface area contributed by atoms with Crippen molar-refractivity contribution in [3.8, 4) is 33.6 Å². The number of hydrogen-bond donors (Lipinski definition) is 0. The molecule has 0 spiro atoms. The van der Waals surface area contributed by atoms with Crippen LogP contribution in [0.3, 0.4) is 0 Å². The van der Waals surface area contributed by atoms with Gasteiger partial charge in [0.2, 0.25) is 0 Å². The SMILES string of the molecule is O=c1c(-c2ccccc2)nnc2cc(-c3ccc(Cl)cc3)c(-c3ccccc3Cl)nn12. The van der Waals surface area contributed by atoms with Gasteiger partial charge in [0.15, 0.2) is 11.3 Å². The van der Waals surface area contributed by atoms with Crippen LogP contribution < -0.4 is 5.56 Å². The molecule has 0 fully saturated rings. The molecule has 2 heterocycles. The molecule has 0 N–H and O–H groups in total. The van der Waals surface area contributed by atoms with Crippen LogP contribution in [0, 0.1) is 0 Å². The highest BCUT2D eigenvalue weighted by molar-refractivity contribution is 6.33. The predicted molar refractivity (Wildman–Crippen MR) is 123 cm³/mol. The minimum absolute atomic E-state index is 0.231. The molecule has 3 aromatic carbocycles. The summed E-state index contributed by atoms with van der Waals surface area (Å²) in [6.45, 7) is 0. The zero-order chi connectivity index (χ0) is 21.4. The summed E-state index contributed by atoms with van der Waals surface area (Å²) in [4.78, 5) is 13.2. The molecule has 0 bridgehead atoms. The Hall–Kier alpha value is -3.54. The summed E-state index contributed by atoms with van der Waals surface area (Å²) in [6.07, 6.45) is 0. The summed E-state index contributed by atoms with van der Waals surface area (Å²) in [5.74, 6) is 0. The number of benzene rings is 3. The zero-order valence-electron chi connectivity index (χ0n) is 16.0. The first-order valence-corrected chi connectivity index (χ1v) is 10.2. The number of rotatable bonds is 3. The van der Waals surface area contributed by atoms with Gasteiger partial charge in [0.1, 0.15) is 5.69 Å². The number of hydrogen-bond acceptors (Lipinski definition) is 4. The van der Waals surface area contributed by atoms with Gasteiger partial charge in [0.25, 0.3) is 0 Å². The fourth-order valence-corrected chi connectivity index (χ4v) is 3.76. The summed E-state index contributed by atoms with van der Waals surface area (Å²) in [5, 5.41) is 14.3. The van der Waals surface area contributed by atoms with Crippen LogP contribution >= 0.6 is 23.2 Å². The second kappa shape index (κ2) is 7.95. The summed E-state index contributed by atoms with van der Waals surface area (Å²) in [7, 11) is 0. The van der Waals surface area contributed by atoms with E-state index in [4.69, 9.17) is 23.2 Å². The Labute approximate surface area is 187 Å². The third-order valence-electron chi connectivity index (χ3n) is 4.92. The fourth-order valence-electron chi connectivity index (χ4n) is 3.41. The Morgan fingerprint density at radius 2 is 1.39 bits per heavy atom. The number of nitrogens with zero attached hydrogens (tertiary/aromatic N) is 4. The largest absolute Gasteiger partial charge is 0.301 e. The van der Waals surface area contributed by atoms with E-state index in [1.807, 2.05) is 60.7 Å². The Balaban J connectivity index is 1.82. The van der Waals surface area contributed by atoms with Gasteiger partial charge in [0, 0.05) is 21.7 Å². The van der Waals surface area contributed by atoms with E-state index >= 15 is 0 Å². The monoisotopic (exact) mass is 444 g/mol. The molecule has 5 rings (SSSR count). The van der Waals surface area contributed by atoms with Crippen LogP contribution in [0.1, 0.15) is 0 Å². The number of halogens is 2. The molecule has 0 unspecified atom stereocenters. The Bertz CT molecular complexity index is 1470. The van der Waals surface area contributed by atoms with Crippen LogP contribution in [0.2, 0.25) is 10.0 Å². The number of fused-ring (bicyclic) bond motifs is 1. The first kappa shape index (κ1) is 19.4. The first-order valence-electron chi connectivity index (χ1n) is 9.49. The van der Waals surface area contributed by atoms with Crippen molar-refractivity contribution in [1.82, 2.24) is 19.8 Å². The van der Waals surface area contributed by atoms with Gasteiger partial charge < -0.3 is 0 Å². The Kier molecular flexibility index (Phi) is 4.98. The molecule has 0 atom stereocenters. The Morgan fingerprint density at radius 3 is 2.13 bits per heavy atom. The lowest BCUT2D eigenvalue weighted by molar-refractivity contribution is 0.835. The summed E-state index contributed by atoms with van der Waals surface area (Å²) >= 11 is 12.6. The molecule has 31 heavy (non-hydrogen) atoms. The minimum atomic E-state index is -0.354. The predicted octanol–water partition coefficient (Wildman–Crippen LogP) is 5.79. The van der Waals surface area contributed by atoms with Crippen molar-refractivity contribution >= 4 is 28.8 Å². The molecular formula is C24H14Cl2N4O. The highest BCUT2D eigenvalue weighted by atomic mass is 35.5. The van der Waals surface area contributed by atoms with Crippen LogP contribution in [-0.2, 0) is 0 Å². The molecule has 0 radical (unpaired) electrons. The average Bonchev–Trinajstić information content (AvgIpc) is 2.80. The van der Waals surface area contributed by atoms with Crippen LogP contribution in [0.4, 0.5) is 0 Å². The molecule has 0 amide bonds. The van der Waals surface area contributed by atoms with E-state index in [-0.39, 0.29) is 11.3 Å². The molecule has 0 aliphatic carbocycles. The van der Waals surface area contributed by atoms with Crippen LogP contribution in [0.25, 0.3) is 39.3 Å². The van der Waals surface area contributed by atoms with E-state index in [1.165, 1.54) is 4.52 Å². The summed E-state index contributed by atoms with van der Waals surface area (Å²) in [5.41, 5.74) is 3.81. The van der Waals surface area contributed by atoms with Crippen molar-refractivity contribution < 1.29 is 0 Å². The van der Waals surface area contributed by atoms with Crippen molar-refractivity contribution in [3.63, 3.8) is 0 Å².